The predicted molar refractivity (Wildman–Crippen MR) is 63.5 cm³/mol. The van der Waals surface area contributed by atoms with Gasteiger partial charge in [0.1, 0.15) is 0 Å². The van der Waals surface area contributed by atoms with E-state index in [-0.39, 0.29) is 0 Å². The van der Waals surface area contributed by atoms with Crippen LogP contribution in [-0.4, -0.2) is 24.5 Å². The second-order valence-corrected chi connectivity index (χ2v) is 6.19. The molecule has 0 aromatic rings. The molecule has 0 bridgehead atoms. The molecular weight excluding hydrogens is 170 g/mol. The standard InChI is InChI=1S/C13H27N/c1-11(2)12(3)10-14-8-6-13(4,5)7-9-14/h11-12H,6-10H2,1-5H3. The molecule has 1 nitrogen and oxygen atoms in total. The van der Waals surface area contributed by atoms with Gasteiger partial charge in [0.15, 0.2) is 0 Å². The summed E-state index contributed by atoms with van der Waals surface area (Å²) in [6.45, 7) is 15.8. The van der Waals surface area contributed by atoms with E-state index in [1.807, 2.05) is 0 Å². The molecule has 0 saturated carbocycles. The smallest absolute Gasteiger partial charge is 0.000947 e. The highest BCUT2D eigenvalue weighted by atomic mass is 15.1. The van der Waals surface area contributed by atoms with Gasteiger partial charge in [-0.05, 0) is 43.2 Å². The Bertz CT molecular complexity index is 162. The van der Waals surface area contributed by atoms with E-state index in [1.165, 1.54) is 32.5 Å². The molecule has 0 aromatic carbocycles. The molecule has 0 radical (unpaired) electrons. The number of nitrogens with zero attached hydrogens (tertiary/aromatic N) is 1. The van der Waals surface area contributed by atoms with Crippen molar-refractivity contribution in [3.05, 3.63) is 0 Å². The van der Waals surface area contributed by atoms with E-state index in [0.717, 1.165) is 11.8 Å². The monoisotopic (exact) mass is 197 g/mol. The van der Waals surface area contributed by atoms with Crippen molar-refractivity contribution in [1.29, 1.82) is 0 Å². The van der Waals surface area contributed by atoms with Crippen LogP contribution in [-0.2, 0) is 0 Å². The molecule has 1 aliphatic rings. The van der Waals surface area contributed by atoms with Crippen LogP contribution in [0.3, 0.4) is 0 Å². The van der Waals surface area contributed by atoms with Crippen molar-refractivity contribution < 1.29 is 0 Å². The average Bonchev–Trinajstić information content (AvgIpc) is 2.08. The van der Waals surface area contributed by atoms with Gasteiger partial charge in [-0.15, -0.1) is 0 Å². The summed E-state index contributed by atoms with van der Waals surface area (Å²) < 4.78 is 0. The highest BCUT2D eigenvalue weighted by Crippen LogP contribution is 2.30. The Kier molecular flexibility index (Phi) is 4.00. The van der Waals surface area contributed by atoms with Gasteiger partial charge in [-0.2, -0.15) is 0 Å². The van der Waals surface area contributed by atoms with E-state index in [4.69, 9.17) is 0 Å². The maximum Gasteiger partial charge on any atom is 0.000947 e. The van der Waals surface area contributed by atoms with Gasteiger partial charge in [-0.1, -0.05) is 34.6 Å². The van der Waals surface area contributed by atoms with Gasteiger partial charge in [0.2, 0.25) is 0 Å². The highest BCUT2D eigenvalue weighted by Gasteiger charge is 2.26. The van der Waals surface area contributed by atoms with Crippen molar-refractivity contribution >= 4 is 0 Å². The van der Waals surface area contributed by atoms with Gasteiger partial charge in [0.05, 0.1) is 0 Å². The lowest BCUT2D eigenvalue weighted by molar-refractivity contribution is 0.111. The quantitative estimate of drug-likeness (QED) is 0.670. The van der Waals surface area contributed by atoms with Crippen LogP contribution in [0.5, 0.6) is 0 Å². The molecule has 14 heavy (non-hydrogen) atoms. The summed E-state index contributed by atoms with van der Waals surface area (Å²) in [5.74, 6) is 1.67. The minimum atomic E-state index is 0.595. The Labute approximate surface area is 89.9 Å². The van der Waals surface area contributed by atoms with E-state index >= 15 is 0 Å². The molecule has 0 aliphatic carbocycles. The maximum absolute atomic E-state index is 2.65. The lowest BCUT2D eigenvalue weighted by atomic mass is 9.82. The van der Waals surface area contributed by atoms with E-state index in [1.54, 1.807) is 0 Å². The molecule has 0 N–H and O–H groups in total. The van der Waals surface area contributed by atoms with Crippen LogP contribution in [0.2, 0.25) is 0 Å². The van der Waals surface area contributed by atoms with Crippen molar-refractivity contribution in [2.75, 3.05) is 19.6 Å². The fourth-order valence-electron chi connectivity index (χ4n) is 1.96. The first kappa shape index (κ1) is 12.0. The number of likely N-dealkylation sites (tertiary alicyclic amines) is 1. The molecule has 0 amide bonds. The van der Waals surface area contributed by atoms with Crippen LogP contribution >= 0.6 is 0 Å². The number of rotatable bonds is 3. The van der Waals surface area contributed by atoms with Gasteiger partial charge >= 0.3 is 0 Å². The minimum absolute atomic E-state index is 0.595. The van der Waals surface area contributed by atoms with Crippen LogP contribution < -0.4 is 0 Å². The lowest BCUT2D eigenvalue weighted by Gasteiger charge is -2.38. The topological polar surface area (TPSA) is 3.24 Å². The second kappa shape index (κ2) is 4.65. The lowest BCUT2D eigenvalue weighted by Crippen LogP contribution is -2.40. The Morgan fingerprint density at radius 3 is 2.00 bits per heavy atom. The zero-order chi connectivity index (χ0) is 10.8. The molecule has 1 aliphatic heterocycles. The Hall–Kier alpha value is -0.0400. The van der Waals surface area contributed by atoms with E-state index in [0.29, 0.717) is 5.41 Å². The SMILES string of the molecule is CC(C)C(C)CN1CCC(C)(C)CC1. The normalized spacial score (nSPS) is 25.3. The summed E-state index contributed by atoms with van der Waals surface area (Å²) in [7, 11) is 0. The van der Waals surface area contributed by atoms with E-state index in [9.17, 15) is 0 Å². The molecule has 1 fully saturated rings. The maximum atomic E-state index is 2.65. The summed E-state index contributed by atoms with van der Waals surface area (Å²) in [5.41, 5.74) is 0.595. The summed E-state index contributed by atoms with van der Waals surface area (Å²) in [6.07, 6.45) is 2.75. The van der Waals surface area contributed by atoms with Crippen LogP contribution in [0, 0.1) is 17.3 Å². The van der Waals surface area contributed by atoms with Gasteiger partial charge in [0, 0.05) is 6.54 Å². The first-order valence-corrected chi connectivity index (χ1v) is 6.13. The molecule has 1 heteroatoms. The first-order valence-electron chi connectivity index (χ1n) is 6.13. The Balaban J connectivity index is 2.29. The van der Waals surface area contributed by atoms with Crippen LogP contribution in [0.25, 0.3) is 0 Å². The molecular formula is C13H27N. The highest BCUT2D eigenvalue weighted by molar-refractivity contribution is 4.79. The van der Waals surface area contributed by atoms with E-state index < -0.39 is 0 Å². The zero-order valence-electron chi connectivity index (χ0n) is 10.6. The van der Waals surface area contributed by atoms with Crippen LogP contribution in [0.4, 0.5) is 0 Å². The largest absolute Gasteiger partial charge is 0.303 e. The zero-order valence-corrected chi connectivity index (χ0v) is 10.6. The van der Waals surface area contributed by atoms with Crippen molar-refractivity contribution in [2.24, 2.45) is 17.3 Å². The number of hydrogen-bond donors (Lipinski definition) is 0. The van der Waals surface area contributed by atoms with Crippen LogP contribution in [0.15, 0.2) is 0 Å². The van der Waals surface area contributed by atoms with Crippen molar-refractivity contribution in [3.8, 4) is 0 Å². The van der Waals surface area contributed by atoms with Gasteiger partial charge in [0.25, 0.3) is 0 Å². The third-order valence-corrected chi connectivity index (χ3v) is 3.89. The molecule has 1 saturated heterocycles. The molecule has 1 atom stereocenters. The fraction of sp³-hybridized carbons (Fsp3) is 1.00. The Morgan fingerprint density at radius 2 is 1.57 bits per heavy atom. The first-order chi connectivity index (χ1) is 6.41. The second-order valence-electron chi connectivity index (χ2n) is 6.19. The van der Waals surface area contributed by atoms with Crippen molar-refractivity contribution in [3.63, 3.8) is 0 Å². The predicted octanol–water partition coefficient (Wildman–Crippen LogP) is 3.40. The molecule has 1 heterocycles. The van der Waals surface area contributed by atoms with Gasteiger partial charge in [-0.25, -0.2) is 0 Å². The Morgan fingerprint density at radius 1 is 1.07 bits per heavy atom. The van der Waals surface area contributed by atoms with E-state index in [2.05, 4.69) is 39.5 Å². The number of piperidine rings is 1. The van der Waals surface area contributed by atoms with Crippen molar-refractivity contribution in [1.82, 2.24) is 4.90 Å². The van der Waals surface area contributed by atoms with Crippen molar-refractivity contribution in [2.45, 2.75) is 47.5 Å². The molecule has 1 rings (SSSR count). The van der Waals surface area contributed by atoms with Crippen LogP contribution in [0.1, 0.15) is 47.5 Å². The molecule has 0 aromatic heterocycles. The van der Waals surface area contributed by atoms with Gasteiger partial charge < -0.3 is 4.90 Å². The third-order valence-electron chi connectivity index (χ3n) is 3.89. The summed E-state index contributed by atoms with van der Waals surface area (Å²) >= 11 is 0. The summed E-state index contributed by atoms with van der Waals surface area (Å²) in [6, 6.07) is 0. The third kappa shape index (κ3) is 3.61. The van der Waals surface area contributed by atoms with Gasteiger partial charge in [-0.3, -0.25) is 0 Å². The molecule has 1 unspecified atom stereocenters. The molecule has 0 spiro atoms. The average molecular weight is 197 g/mol. The minimum Gasteiger partial charge on any atom is -0.303 e. The number of hydrogen-bond acceptors (Lipinski definition) is 1. The summed E-state index contributed by atoms with van der Waals surface area (Å²) in [4.78, 5) is 2.65. The molecule has 84 valence electrons. The fourth-order valence-corrected chi connectivity index (χ4v) is 1.96. The summed E-state index contributed by atoms with van der Waals surface area (Å²) in [5, 5.41) is 0.